The lowest BCUT2D eigenvalue weighted by molar-refractivity contribution is -0.134. The van der Waals surface area contributed by atoms with Crippen LogP contribution in [0.3, 0.4) is 0 Å². The molecule has 3 aromatic carbocycles. The van der Waals surface area contributed by atoms with Gasteiger partial charge in [-0.05, 0) is 42.5 Å². The van der Waals surface area contributed by atoms with Crippen LogP contribution in [0.1, 0.15) is 52.1 Å². The molecule has 1 fully saturated rings. The summed E-state index contributed by atoms with van der Waals surface area (Å²) in [5, 5.41) is 4.36. The molecule has 7 nitrogen and oxygen atoms in total. The Hall–Kier alpha value is -3.64. The lowest BCUT2D eigenvalue weighted by Gasteiger charge is -2.30. The zero-order chi connectivity index (χ0) is 24.9. The summed E-state index contributed by atoms with van der Waals surface area (Å²) in [6.07, 6.45) is 0.355. The molecule has 2 heterocycles. The van der Waals surface area contributed by atoms with Crippen LogP contribution in [-0.2, 0) is 9.59 Å². The zero-order valence-corrected chi connectivity index (χ0v) is 20.0. The number of carbonyl (C=O) groups excluding carboxylic acids is 4. The fraction of sp³-hybridized carbons (Fsp3) is 0.231. The first-order valence-corrected chi connectivity index (χ1v) is 11.8. The van der Waals surface area contributed by atoms with Crippen molar-refractivity contribution in [2.75, 3.05) is 4.90 Å². The van der Waals surface area contributed by atoms with Gasteiger partial charge in [0.2, 0.25) is 11.8 Å². The number of hydrogen-bond donors (Lipinski definition) is 2. The number of alkyl halides is 1. The summed E-state index contributed by atoms with van der Waals surface area (Å²) in [7, 11) is 2.14. The Bertz CT molecular complexity index is 1390. The van der Waals surface area contributed by atoms with Gasteiger partial charge in [-0.25, -0.2) is 4.39 Å². The van der Waals surface area contributed by atoms with E-state index >= 15 is 4.39 Å². The first-order chi connectivity index (χ1) is 16.7. The molecule has 4 unspecified atom stereocenters. The fourth-order valence-corrected chi connectivity index (χ4v) is 5.12. The van der Waals surface area contributed by atoms with Gasteiger partial charge in [-0.3, -0.25) is 29.4 Å². The Morgan fingerprint density at radius 3 is 2.54 bits per heavy atom. The number of nitrogens with one attached hydrogen (secondary N) is 2. The number of benzene rings is 3. The molecule has 9 heteroatoms. The zero-order valence-electron chi connectivity index (χ0n) is 18.9. The van der Waals surface area contributed by atoms with Crippen LogP contribution in [0.15, 0.2) is 60.7 Å². The second-order valence-electron chi connectivity index (χ2n) is 8.97. The molecule has 0 bridgehead atoms. The summed E-state index contributed by atoms with van der Waals surface area (Å²) in [5.74, 6) is -1.73. The summed E-state index contributed by atoms with van der Waals surface area (Å²) in [6.45, 7) is 1.37. The van der Waals surface area contributed by atoms with E-state index in [1.807, 2.05) is 6.07 Å². The van der Waals surface area contributed by atoms with Crippen molar-refractivity contribution in [1.29, 1.82) is 0 Å². The number of amides is 4. The summed E-state index contributed by atoms with van der Waals surface area (Å²) in [6, 6.07) is 15.4. The van der Waals surface area contributed by atoms with Gasteiger partial charge in [0.25, 0.3) is 11.8 Å². The van der Waals surface area contributed by atoms with Gasteiger partial charge in [0.1, 0.15) is 11.5 Å². The van der Waals surface area contributed by atoms with E-state index in [1.54, 1.807) is 54.6 Å². The van der Waals surface area contributed by atoms with Crippen LogP contribution in [0.4, 0.5) is 10.1 Å². The normalized spacial score (nSPS) is 19.9. The van der Waals surface area contributed by atoms with Crippen molar-refractivity contribution >= 4 is 49.3 Å². The van der Waals surface area contributed by atoms with Gasteiger partial charge in [0.05, 0.1) is 11.7 Å². The molecule has 1 saturated heterocycles. The number of nitrogens with zero attached hydrogens (tertiary/aromatic N) is 1. The summed E-state index contributed by atoms with van der Waals surface area (Å²) >= 11 is 0. The van der Waals surface area contributed by atoms with Gasteiger partial charge >= 0.3 is 0 Å². The summed E-state index contributed by atoms with van der Waals surface area (Å²) in [4.78, 5) is 52.2. The van der Waals surface area contributed by atoms with Gasteiger partial charge in [-0.1, -0.05) is 51.7 Å². The minimum Gasteiger partial charge on any atom is -0.342 e. The number of piperidine rings is 1. The van der Waals surface area contributed by atoms with Gasteiger partial charge in [0.15, 0.2) is 0 Å². The molecular formula is C26H23FN3O4P. The molecule has 4 amide bonds. The summed E-state index contributed by atoms with van der Waals surface area (Å²) < 4.78 is 15.1. The minimum atomic E-state index is -1.82. The van der Waals surface area contributed by atoms with E-state index in [0.29, 0.717) is 33.2 Å². The molecule has 0 aliphatic carbocycles. The molecule has 4 atom stereocenters. The molecule has 2 aliphatic heterocycles. The molecule has 0 radical (unpaired) electrons. The fourth-order valence-electron chi connectivity index (χ4n) is 4.85. The molecule has 2 aliphatic rings. The third kappa shape index (κ3) is 3.98. The molecule has 5 rings (SSSR count). The van der Waals surface area contributed by atoms with Crippen LogP contribution in [0.2, 0.25) is 0 Å². The lowest BCUT2D eigenvalue weighted by atomic mass is 9.98. The van der Waals surface area contributed by atoms with Gasteiger partial charge in [-0.15, -0.1) is 0 Å². The Morgan fingerprint density at radius 1 is 1.11 bits per heavy atom. The van der Waals surface area contributed by atoms with Crippen LogP contribution in [0.25, 0.3) is 10.8 Å². The number of rotatable bonds is 5. The van der Waals surface area contributed by atoms with Crippen LogP contribution in [0, 0.1) is 0 Å². The maximum absolute atomic E-state index is 15.1. The Labute approximate surface area is 203 Å². The predicted octanol–water partition coefficient (Wildman–Crippen LogP) is 3.64. The molecule has 0 aromatic heterocycles. The van der Waals surface area contributed by atoms with E-state index in [2.05, 4.69) is 19.9 Å². The lowest BCUT2D eigenvalue weighted by Crippen LogP contribution is -2.53. The van der Waals surface area contributed by atoms with Crippen LogP contribution in [-0.4, -0.2) is 35.1 Å². The van der Waals surface area contributed by atoms with Crippen molar-refractivity contribution in [3.05, 3.63) is 77.4 Å². The van der Waals surface area contributed by atoms with Gasteiger partial charge < -0.3 is 5.32 Å². The first-order valence-electron chi connectivity index (χ1n) is 11.2. The average molecular weight is 491 g/mol. The van der Waals surface area contributed by atoms with E-state index in [0.717, 1.165) is 0 Å². The number of carbonyl (C=O) groups is 4. The Kier molecular flexibility index (Phi) is 5.64. The number of imide groups is 1. The van der Waals surface area contributed by atoms with Gasteiger partial charge in [-0.2, -0.15) is 0 Å². The third-order valence-corrected chi connectivity index (χ3v) is 6.80. The minimum absolute atomic E-state index is 0.137. The molecule has 0 saturated carbocycles. The maximum atomic E-state index is 15.1. The first kappa shape index (κ1) is 23.1. The highest BCUT2D eigenvalue weighted by Crippen LogP contribution is 2.41. The second-order valence-corrected chi connectivity index (χ2v) is 10.1. The molecule has 3 aromatic rings. The largest absolute Gasteiger partial charge is 0.342 e. The average Bonchev–Trinajstić information content (AvgIpc) is 3.10. The highest BCUT2D eigenvalue weighted by molar-refractivity contribution is 7.18. The number of anilines is 1. The molecular weight excluding hydrogens is 468 g/mol. The molecule has 35 heavy (non-hydrogen) atoms. The SMILES string of the molecule is CC(F)(P)C(NC(=O)c1ccc2c3c(cccc13)N(C1CCC(=O)NC1=O)C2=O)c1ccccc1. The second kappa shape index (κ2) is 8.54. The summed E-state index contributed by atoms with van der Waals surface area (Å²) in [5.41, 5.74) is 1.79. The van der Waals surface area contributed by atoms with Crippen molar-refractivity contribution in [2.24, 2.45) is 0 Å². The van der Waals surface area contributed by atoms with Crippen LogP contribution in [0.5, 0.6) is 0 Å². The topological polar surface area (TPSA) is 95.6 Å². The number of hydrogen-bond acceptors (Lipinski definition) is 4. The molecule has 0 spiro atoms. The third-order valence-electron chi connectivity index (χ3n) is 6.47. The van der Waals surface area contributed by atoms with E-state index < -0.39 is 29.3 Å². The Morgan fingerprint density at radius 2 is 1.86 bits per heavy atom. The van der Waals surface area contributed by atoms with Crippen LogP contribution < -0.4 is 15.5 Å². The van der Waals surface area contributed by atoms with Crippen LogP contribution >= 0.6 is 9.24 Å². The highest BCUT2D eigenvalue weighted by Gasteiger charge is 2.41. The van der Waals surface area contributed by atoms with Crippen molar-refractivity contribution in [2.45, 2.75) is 37.3 Å². The van der Waals surface area contributed by atoms with E-state index in [-0.39, 0.29) is 24.7 Å². The Balaban J connectivity index is 1.54. The van der Waals surface area contributed by atoms with E-state index in [1.165, 1.54) is 11.8 Å². The van der Waals surface area contributed by atoms with Crippen molar-refractivity contribution in [3.8, 4) is 0 Å². The van der Waals surface area contributed by atoms with E-state index in [4.69, 9.17) is 0 Å². The number of halogens is 1. The van der Waals surface area contributed by atoms with Crippen molar-refractivity contribution < 1.29 is 23.6 Å². The van der Waals surface area contributed by atoms with Gasteiger partial charge in [0, 0.05) is 22.9 Å². The molecule has 2 N–H and O–H groups in total. The monoisotopic (exact) mass is 491 g/mol. The smallest absolute Gasteiger partial charge is 0.259 e. The quantitative estimate of drug-likeness (QED) is 0.421. The maximum Gasteiger partial charge on any atom is 0.259 e. The standard InChI is InChI=1S/C26H23FN3O4P/c1-26(27,35)22(14-6-3-2-4-7-14)29-23(32)16-10-11-17-21-15(16)8-5-9-18(21)30(25(17)34)19-12-13-20(31)28-24(19)33/h2-11,19,22H,12-13,35H2,1H3,(H,29,32)(H,28,31,33). The predicted molar refractivity (Wildman–Crippen MR) is 133 cm³/mol. The highest BCUT2D eigenvalue weighted by atomic mass is 31.0. The molecule has 178 valence electrons. The van der Waals surface area contributed by atoms with E-state index in [9.17, 15) is 19.2 Å². The van der Waals surface area contributed by atoms with Crippen molar-refractivity contribution in [3.63, 3.8) is 0 Å². The van der Waals surface area contributed by atoms with Crippen molar-refractivity contribution in [1.82, 2.24) is 10.6 Å².